The van der Waals surface area contributed by atoms with Gasteiger partial charge in [-0.15, -0.1) is 0 Å². The number of nitrogens with zero attached hydrogens (tertiary/aromatic N) is 1. The van der Waals surface area contributed by atoms with Gasteiger partial charge in [-0.05, 0) is 61.7 Å². The molecule has 3 rings (SSSR count). The second-order valence-electron chi connectivity index (χ2n) is 6.49. The van der Waals surface area contributed by atoms with Crippen molar-refractivity contribution in [3.8, 4) is 5.75 Å². The van der Waals surface area contributed by atoms with Gasteiger partial charge < -0.3 is 10.1 Å². The van der Waals surface area contributed by atoms with Crippen molar-refractivity contribution >= 4 is 29.1 Å². The highest BCUT2D eigenvalue weighted by Gasteiger charge is 2.15. The van der Waals surface area contributed by atoms with Crippen molar-refractivity contribution in [3.63, 3.8) is 0 Å². The monoisotopic (exact) mass is 395 g/mol. The number of amides is 2. The number of anilines is 2. The molecule has 2 N–H and O–H groups in total. The number of urea groups is 1. The van der Waals surface area contributed by atoms with Crippen LogP contribution in [0.2, 0.25) is 5.02 Å². The van der Waals surface area contributed by atoms with Crippen LogP contribution in [0.25, 0.3) is 0 Å². The van der Waals surface area contributed by atoms with Crippen molar-refractivity contribution < 1.29 is 9.53 Å². The first-order valence-corrected chi connectivity index (χ1v) is 9.30. The van der Waals surface area contributed by atoms with Gasteiger partial charge in [-0.1, -0.05) is 41.9 Å². The average molecular weight is 396 g/mol. The number of hydrogen-bond donors (Lipinski definition) is 2. The maximum atomic E-state index is 12.3. The van der Waals surface area contributed by atoms with Crippen molar-refractivity contribution in [2.45, 2.75) is 27.4 Å². The third-order valence-electron chi connectivity index (χ3n) is 4.43. The fourth-order valence-corrected chi connectivity index (χ4v) is 2.91. The third kappa shape index (κ3) is 4.81. The summed E-state index contributed by atoms with van der Waals surface area (Å²) in [6.07, 6.45) is 0. The minimum absolute atomic E-state index is 0.366. The Morgan fingerprint density at radius 3 is 2.32 bits per heavy atom. The Morgan fingerprint density at radius 2 is 1.64 bits per heavy atom. The van der Waals surface area contributed by atoms with Crippen LogP contribution in [0.15, 0.2) is 54.6 Å². The number of hydrogen-bond acceptors (Lipinski definition) is 3. The quantitative estimate of drug-likeness (QED) is 0.566. The van der Waals surface area contributed by atoms with Gasteiger partial charge in [0.05, 0.1) is 5.69 Å². The molecule has 2 aromatic carbocycles. The molecule has 0 fully saturated rings. The summed E-state index contributed by atoms with van der Waals surface area (Å²) in [5.74, 6) is 1.25. The molecule has 0 radical (unpaired) electrons. The summed E-state index contributed by atoms with van der Waals surface area (Å²) in [5.41, 5.74) is 4.27. The summed E-state index contributed by atoms with van der Waals surface area (Å²) >= 11 is 5.86. The Morgan fingerprint density at radius 1 is 0.964 bits per heavy atom. The van der Waals surface area contributed by atoms with Crippen LogP contribution in [0, 0.1) is 20.8 Å². The normalized spacial score (nSPS) is 10.4. The number of aromatic nitrogens is 1. The molecule has 0 unspecified atom stereocenters. The molecule has 2 amide bonds. The average Bonchev–Trinajstić information content (AvgIpc) is 2.68. The number of ether oxygens (including phenoxy) is 1. The van der Waals surface area contributed by atoms with Crippen molar-refractivity contribution in [1.82, 2.24) is 4.98 Å². The fraction of sp³-hybridized carbons (Fsp3) is 0.182. The standard InChI is InChI=1S/C22H22ClN3O2/c1-14-15(2)21(26-22(27)25-19-11-9-18(23)10-12-19)24-16(3)20(14)28-13-17-7-5-4-6-8-17/h4-12H,13H2,1-3H3,(H2,24,25,26,27). The predicted octanol–water partition coefficient (Wildman–Crippen LogP) is 5.88. The lowest BCUT2D eigenvalue weighted by atomic mass is 10.1. The molecule has 6 heteroatoms. The van der Waals surface area contributed by atoms with Crippen molar-refractivity contribution in [3.05, 3.63) is 82.0 Å². The zero-order valence-corrected chi connectivity index (χ0v) is 16.8. The molecule has 1 heterocycles. The van der Waals surface area contributed by atoms with E-state index in [-0.39, 0.29) is 6.03 Å². The van der Waals surface area contributed by atoms with E-state index < -0.39 is 0 Å². The molecule has 5 nitrogen and oxygen atoms in total. The van der Waals surface area contributed by atoms with Crippen LogP contribution in [0.3, 0.4) is 0 Å². The molecule has 0 atom stereocenters. The first kappa shape index (κ1) is 19.7. The van der Waals surface area contributed by atoms with E-state index in [1.807, 2.05) is 51.1 Å². The highest BCUT2D eigenvalue weighted by Crippen LogP contribution is 2.29. The van der Waals surface area contributed by atoms with Gasteiger partial charge in [-0.3, -0.25) is 5.32 Å². The topological polar surface area (TPSA) is 63.2 Å². The maximum Gasteiger partial charge on any atom is 0.324 e. The minimum atomic E-state index is -0.366. The van der Waals surface area contributed by atoms with Crippen LogP contribution in [0.1, 0.15) is 22.4 Å². The molecule has 0 bridgehead atoms. The molecule has 0 saturated carbocycles. The van der Waals surface area contributed by atoms with Crippen molar-refractivity contribution in [2.75, 3.05) is 10.6 Å². The first-order chi connectivity index (χ1) is 13.4. The fourth-order valence-electron chi connectivity index (χ4n) is 2.79. The van der Waals surface area contributed by atoms with Crippen LogP contribution in [0.5, 0.6) is 5.75 Å². The number of halogens is 1. The van der Waals surface area contributed by atoms with E-state index in [1.54, 1.807) is 24.3 Å². The van der Waals surface area contributed by atoms with E-state index in [2.05, 4.69) is 15.6 Å². The summed E-state index contributed by atoms with van der Waals surface area (Å²) in [6, 6.07) is 16.5. The molecule has 0 aliphatic carbocycles. The van der Waals surface area contributed by atoms with Gasteiger partial charge in [0.2, 0.25) is 0 Å². The number of rotatable bonds is 5. The molecular weight excluding hydrogens is 374 g/mol. The van der Waals surface area contributed by atoms with Crippen molar-refractivity contribution in [1.29, 1.82) is 0 Å². The summed E-state index contributed by atoms with van der Waals surface area (Å²) in [4.78, 5) is 16.8. The Hall–Kier alpha value is -3.05. The number of carbonyl (C=O) groups is 1. The van der Waals surface area contributed by atoms with Gasteiger partial charge in [0.15, 0.2) is 0 Å². The third-order valence-corrected chi connectivity index (χ3v) is 4.68. The molecule has 3 aromatic rings. The van der Waals surface area contributed by atoms with E-state index in [4.69, 9.17) is 16.3 Å². The van der Waals surface area contributed by atoms with Crippen molar-refractivity contribution in [2.24, 2.45) is 0 Å². The predicted molar refractivity (Wildman–Crippen MR) is 113 cm³/mol. The number of carbonyl (C=O) groups excluding carboxylic acids is 1. The van der Waals surface area contributed by atoms with Crippen LogP contribution in [0.4, 0.5) is 16.3 Å². The number of benzene rings is 2. The zero-order valence-electron chi connectivity index (χ0n) is 16.0. The lowest BCUT2D eigenvalue weighted by Gasteiger charge is -2.17. The summed E-state index contributed by atoms with van der Waals surface area (Å²) < 4.78 is 6.00. The minimum Gasteiger partial charge on any atom is -0.487 e. The Kier molecular flexibility index (Phi) is 6.16. The SMILES string of the molecule is Cc1nc(NC(=O)Nc2ccc(Cl)cc2)c(C)c(C)c1OCc1ccccc1. The first-order valence-electron chi connectivity index (χ1n) is 8.92. The smallest absolute Gasteiger partial charge is 0.324 e. The Bertz CT molecular complexity index is 973. The van der Waals surface area contributed by atoms with Crippen LogP contribution in [-0.4, -0.2) is 11.0 Å². The second kappa shape index (κ2) is 8.76. The van der Waals surface area contributed by atoms with Crippen LogP contribution >= 0.6 is 11.6 Å². The molecular formula is C22H22ClN3O2. The maximum absolute atomic E-state index is 12.3. The van der Waals surface area contributed by atoms with E-state index >= 15 is 0 Å². The zero-order chi connectivity index (χ0) is 20.1. The van der Waals surface area contributed by atoms with Gasteiger partial charge in [-0.2, -0.15) is 0 Å². The highest BCUT2D eigenvalue weighted by molar-refractivity contribution is 6.30. The number of nitrogens with one attached hydrogen (secondary N) is 2. The molecule has 144 valence electrons. The van der Waals surface area contributed by atoms with Gasteiger partial charge in [0.1, 0.15) is 18.2 Å². The van der Waals surface area contributed by atoms with E-state index in [1.165, 1.54) is 0 Å². The lowest BCUT2D eigenvalue weighted by molar-refractivity contribution is 0.262. The summed E-state index contributed by atoms with van der Waals surface area (Å²) in [5, 5.41) is 6.18. The number of pyridine rings is 1. The molecule has 0 aliphatic heterocycles. The van der Waals surface area contributed by atoms with E-state index in [0.717, 1.165) is 28.1 Å². The summed E-state index contributed by atoms with van der Waals surface area (Å²) in [7, 11) is 0. The van der Waals surface area contributed by atoms with Crippen LogP contribution < -0.4 is 15.4 Å². The second-order valence-corrected chi connectivity index (χ2v) is 6.92. The van der Waals surface area contributed by atoms with Gasteiger partial charge in [0.25, 0.3) is 0 Å². The van der Waals surface area contributed by atoms with Gasteiger partial charge >= 0.3 is 6.03 Å². The molecule has 28 heavy (non-hydrogen) atoms. The van der Waals surface area contributed by atoms with Crippen LogP contribution in [-0.2, 0) is 6.61 Å². The lowest BCUT2D eigenvalue weighted by Crippen LogP contribution is -2.21. The van der Waals surface area contributed by atoms with E-state index in [0.29, 0.717) is 23.1 Å². The largest absolute Gasteiger partial charge is 0.487 e. The molecule has 0 aliphatic rings. The molecule has 1 aromatic heterocycles. The molecule has 0 saturated heterocycles. The van der Waals surface area contributed by atoms with Gasteiger partial charge in [-0.25, -0.2) is 9.78 Å². The van der Waals surface area contributed by atoms with Gasteiger partial charge in [0, 0.05) is 10.7 Å². The van der Waals surface area contributed by atoms with E-state index in [9.17, 15) is 4.79 Å². The Labute approximate surface area is 169 Å². The Balaban J connectivity index is 1.72. The molecule has 0 spiro atoms. The summed E-state index contributed by atoms with van der Waals surface area (Å²) in [6.45, 7) is 6.21. The number of aryl methyl sites for hydroxylation is 1. The highest BCUT2D eigenvalue weighted by atomic mass is 35.5.